The molecule has 1 aliphatic carbocycles. The van der Waals surface area contributed by atoms with Crippen LogP contribution in [0.1, 0.15) is 78.6 Å². The SMILES string of the molecule is CCCCC1CCC(C(=O)NC(C)(CC)CCO)CC1. The van der Waals surface area contributed by atoms with Crippen LogP contribution in [0, 0.1) is 11.8 Å². The first kappa shape index (κ1) is 17.5. The maximum atomic E-state index is 12.4. The van der Waals surface area contributed by atoms with Crippen molar-refractivity contribution in [3.8, 4) is 0 Å². The van der Waals surface area contributed by atoms with Crippen molar-refractivity contribution in [3.05, 3.63) is 0 Å². The first-order valence-corrected chi connectivity index (χ1v) is 8.47. The Bertz CT molecular complexity index is 285. The molecule has 1 saturated carbocycles. The van der Waals surface area contributed by atoms with Gasteiger partial charge in [0, 0.05) is 18.1 Å². The van der Waals surface area contributed by atoms with E-state index in [1.807, 2.05) is 6.92 Å². The van der Waals surface area contributed by atoms with E-state index in [-0.39, 0.29) is 24.0 Å². The molecule has 1 amide bonds. The van der Waals surface area contributed by atoms with Crippen LogP contribution in [0.3, 0.4) is 0 Å². The van der Waals surface area contributed by atoms with Crippen molar-refractivity contribution in [2.45, 2.75) is 84.1 Å². The molecular formula is C17H33NO2. The van der Waals surface area contributed by atoms with Gasteiger partial charge in [0.05, 0.1) is 0 Å². The Morgan fingerprint density at radius 2 is 1.90 bits per heavy atom. The van der Waals surface area contributed by atoms with Crippen molar-refractivity contribution in [3.63, 3.8) is 0 Å². The standard InChI is InChI=1S/C17H33NO2/c1-4-6-7-14-8-10-15(11-9-14)16(20)18-17(3,5-2)12-13-19/h14-15,19H,4-13H2,1-3H3,(H,18,20). The molecule has 0 bridgehead atoms. The number of nitrogens with one attached hydrogen (secondary N) is 1. The number of rotatable bonds is 8. The van der Waals surface area contributed by atoms with Crippen LogP contribution >= 0.6 is 0 Å². The first-order valence-electron chi connectivity index (χ1n) is 8.47. The Kier molecular flexibility index (Phi) is 7.57. The Morgan fingerprint density at radius 3 is 2.40 bits per heavy atom. The zero-order chi connectivity index (χ0) is 15.0. The van der Waals surface area contributed by atoms with Crippen molar-refractivity contribution in [1.82, 2.24) is 5.32 Å². The molecular weight excluding hydrogens is 250 g/mol. The van der Waals surface area contributed by atoms with E-state index in [4.69, 9.17) is 5.11 Å². The summed E-state index contributed by atoms with van der Waals surface area (Å²) >= 11 is 0. The highest BCUT2D eigenvalue weighted by molar-refractivity contribution is 5.79. The molecule has 0 aromatic heterocycles. The fourth-order valence-electron chi connectivity index (χ4n) is 3.18. The number of aliphatic hydroxyl groups is 1. The number of hydrogen-bond acceptors (Lipinski definition) is 2. The quantitative estimate of drug-likeness (QED) is 0.714. The van der Waals surface area contributed by atoms with E-state index < -0.39 is 0 Å². The van der Waals surface area contributed by atoms with Crippen molar-refractivity contribution < 1.29 is 9.90 Å². The number of hydrogen-bond donors (Lipinski definition) is 2. The van der Waals surface area contributed by atoms with Crippen LogP contribution in [0.4, 0.5) is 0 Å². The monoisotopic (exact) mass is 283 g/mol. The molecule has 0 heterocycles. The smallest absolute Gasteiger partial charge is 0.223 e. The van der Waals surface area contributed by atoms with Gasteiger partial charge < -0.3 is 10.4 Å². The van der Waals surface area contributed by atoms with Crippen LogP contribution in [0.5, 0.6) is 0 Å². The molecule has 0 aromatic rings. The fraction of sp³-hybridized carbons (Fsp3) is 0.941. The topological polar surface area (TPSA) is 49.3 Å². The molecule has 1 atom stereocenters. The van der Waals surface area contributed by atoms with Crippen LogP contribution in [0.15, 0.2) is 0 Å². The maximum Gasteiger partial charge on any atom is 0.223 e. The second-order valence-electron chi connectivity index (χ2n) is 6.74. The van der Waals surface area contributed by atoms with Crippen LogP contribution in [-0.2, 0) is 4.79 Å². The van der Waals surface area contributed by atoms with E-state index in [1.165, 1.54) is 32.1 Å². The largest absolute Gasteiger partial charge is 0.396 e. The van der Waals surface area contributed by atoms with Gasteiger partial charge in [-0.15, -0.1) is 0 Å². The Labute approximate surface area is 124 Å². The van der Waals surface area contributed by atoms with Gasteiger partial charge in [0.2, 0.25) is 5.91 Å². The molecule has 1 aliphatic rings. The van der Waals surface area contributed by atoms with Gasteiger partial charge >= 0.3 is 0 Å². The van der Waals surface area contributed by atoms with Crippen molar-refractivity contribution in [2.75, 3.05) is 6.61 Å². The van der Waals surface area contributed by atoms with E-state index in [0.717, 1.165) is 25.2 Å². The minimum absolute atomic E-state index is 0.133. The van der Waals surface area contributed by atoms with Crippen LogP contribution in [0.2, 0.25) is 0 Å². The van der Waals surface area contributed by atoms with Crippen LogP contribution < -0.4 is 5.32 Å². The summed E-state index contributed by atoms with van der Waals surface area (Å²) in [6.07, 6.45) is 9.94. The molecule has 0 radical (unpaired) electrons. The molecule has 3 nitrogen and oxygen atoms in total. The third kappa shape index (κ3) is 5.43. The lowest BCUT2D eigenvalue weighted by molar-refractivity contribution is -0.128. The lowest BCUT2D eigenvalue weighted by atomic mass is 9.79. The third-order valence-electron chi connectivity index (χ3n) is 5.05. The first-order chi connectivity index (χ1) is 9.54. The highest BCUT2D eigenvalue weighted by Crippen LogP contribution is 2.32. The average molecular weight is 283 g/mol. The molecule has 1 fully saturated rings. The molecule has 0 aromatic carbocycles. The molecule has 0 spiro atoms. The number of unbranched alkanes of at least 4 members (excludes halogenated alkanes) is 1. The predicted molar refractivity (Wildman–Crippen MR) is 83.5 cm³/mol. The highest BCUT2D eigenvalue weighted by atomic mass is 16.3. The van der Waals surface area contributed by atoms with Gasteiger partial charge in [-0.2, -0.15) is 0 Å². The summed E-state index contributed by atoms with van der Waals surface area (Å²) in [6.45, 7) is 6.48. The van der Waals surface area contributed by atoms with Gasteiger partial charge in [0.15, 0.2) is 0 Å². The molecule has 1 unspecified atom stereocenters. The maximum absolute atomic E-state index is 12.4. The summed E-state index contributed by atoms with van der Waals surface area (Å²) in [5, 5.41) is 12.3. The predicted octanol–water partition coefficient (Wildman–Crippen LogP) is 3.65. The van der Waals surface area contributed by atoms with Gasteiger partial charge in [-0.05, 0) is 51.4 Å². The van der Waals surface area contributed by atoms with E-state index >= 15 is 0 Å². The second kappa shape index (κ2) is 8.66. The number of amides is 1. The lowest BCUT2D eigenvalue weighted by Crippen LogP contribution is -2.49. The molecule has 20 heavy (non-hydrogen) atoms. The zero-order valence-corrected chi connectivity index (χ0v) is 13.6. The Hall–Kier alpha value is -0.570. The minimum Gasteiger partial charge on any atom is -0.396 e. The Morgan fingerprint density at radius 1 is 1.25 bits per heavy atom. The molecule has 1 rings (SSSR count). The van der Waals surface area contributed by atoms with E-state index in [2.05, 4.69) is 19.2 Å². The van der Waals surface area contributed by atoms with Gasteiger partial charge in [-0.1, -0.05) is 33.1 Å². The second-order valence-corrected chi connectivity index (χ2v) is 6.74. The number of carbonyl (C=O) groups excluding carboxylic acids is 1. The number of carbonyl (C=O) groups is 1. The summed E-state index contributed by atoms with van der Waals surface area (Å²) in [7, 11) is 0. The summed E-state index contributed by atoms with van der Waals surface area (Å²) in [6, 6.07) is 0. The molecule has 0 aliphatic heterocycles. The van der Waals surface area contributed by atoms with E-state index in [9.17, 15) is 4.79 Å². The molecule has 3 heteroatoms. The van der Waals surface area contributed by atoms with Crippen molar-refractivity contribution in [2.24, 2.45) is 11.8 Å². The van der Waals surface area contributed by atoms with Crippen molar-refractivity contribution >= 4 is 5.91 Å². The van der Waals surface area contributed by atoms with Gasteiger partial charge in [-0.3, -0.25) is 4.79 Å². The molecule has 2 N–H and O–H groups in total. The Balaban J connectivity index is 2.38. The van der Waals surface area contributed by atoms with Gasteiger partial charge in [0.1, 0.15) is 0 Å². The van der Waals surface area contributed by atoms with Gasteiger partial charge in [0.25, 0.3) is 0 Å². The summed E-state index contributed by atoms with van der Waals surface area (Å²) in [4.78, 5) is 12.4. The third-order valence-corrected chi connectivity index (χ3v) is 5.05. The van der Waals surface area contributed by atoms with E-state index in [0.29, 0.717) is 6.42 Å². The lowest BCUT2D eigenvalue weighted by Gasteiger charge is -2.33. The van der Waals surface area contributed by atoms with Crippen LogP contribution in [0.25, 0.3) is 0 Å². The highest BCUT2D eigenvalue weighted by Gasteiger charge is 2.30. The average Bonchev–Trinajstić information content (AvgIpc) is 2.45. The number of aliphatic hydroxyl groups excluding tert-OH is 1. The zero-order valence-electron chi connectivity index (χ0n) is 13.6. The minimum atomic E-state index is -0.245. The summed E-state index contributed by atoms with van der Waals surface area (Å²) in [5.41, 5.74) is -0.245. The molecule has 118 valence electrons. The summed E-state index contributed by atoms with van der Waals surface area (Å²) in [5.74, 6) is 1.24. The molecule has 0 saturated heterocycles. The van der Waals surface area contributed by atoms with E-state index in [1.54, 1.807) is 0 Å². The van der Waals surface area contributed by atoms with Gasteiger partial charge in [-0.25, -0.2) is 0 Å². The summed E-state index contributed by atoms with van der Waals surface area (Å²) < 4.78 is 0. The van der Waals surface area contributed by atoms with Crippen molar-refractivity contribution in [1.29, 1.82) is 0 Å². The normalized spacial score (nSPS) is 26.0. The fourth-order valence-corrected chi connectivity index (χ4v) is 3.18. The van der Waals surface area contributed by atoms with Crippen LogP contribution in [-0.4, -0.2) is 23.2 Å².